The van der Waals surface area contributed by atoms with Gasteiger partial charge in [0.15, 0.2) is 12.1 Å². The largest absolute Gasteiger partial charge is 0.374 e. The average Bonchev–Trinajstić information content (AvgIpc) is 2.87. The van der Waals surface area contributed by atoms with E-state index in [4.69, 9.17) is 24.5 Å². The van der Waals surface area contributed by atoms with Crippen molar-refractivity contribution in [1.82, 2.24) is 0 Å². The fourth-order valence-electron chi connectivity index (χ4n) is 3.05. The number of hydrogen-bond donors (Lipinski definition) is 1. The van der Waals surface area contributed by atoms with Crippen LogP contribution in [0.4, 0.5) is 0 Å². The first-order valence-electron chi connectivity index (χ1n) is 7.85. The van der Waals surface area contributed by atoms with Gasteiger partial charge in [0.2, 0.25) is 0 Å². The molecule has 1 aromatic rings. The predicted octanol–water partition coefficient (Wildman–Crippen LogP) is 2.12. The Morgan fingerprint density at radius 1 is 1.25 bits per heavy atom. The second-order valence-corrected chi connectivity index (χ2v) is 6.33. The number of fused-ring (bicyclic) bond motifs is 1. The van der Waals surface area contributed by atoms with Crippen LogP contribution in [-0.2, 0) is 25.6 Å². The molecule has 24 heavy (non-hydrogen) atoms. The maximum absolute atomic E-state index is 10.1. The van der Waals surface area contributed by atoms with Crippen LogP contribution in [0.5, 0.6) is 0 Å². The molecule has 0 radical (unpaired) electrons. The Balaban J connectivity index is 1.66. The van der Waals surface area contributed by atoms with E-state index in [0.717, 1.165) is 5.56 Å². The molecule has 2 saturated heterocycles. The molecule has 1 N–H and O–H groups in total. The lowest BCUT2D eigenvalue weighted by Crippen LogP contribution is -2.56. The first-order valence-corrected chi connectivity index (χ1v) is 7.85. The summed E-state index contributed by atoms with van der Waals surface area (Å²) in [4.78, 5) is 2.76. The van der Waals surface area contributed by atoms with E-state index in [1.807, 2.05) is 30.3 Å². The van der Waals surface area contributed by atoms with Gasteiger partial charge in [-0.05, 0) is 24.9 Å². The molecule has 0 bridgehead atoms. The number of nitrogens with zero attached hydrogens (tertiary/aromatic N) is 3. The molecule has 2 aliphatic heterocycles. The number of benzene rings is 1. The molecule has 2 aliphatic rings. The Hall–Kier alpha value is -1.67. The van der Waals surface area contributed by atoms with Crippen LogP contribution in [0.1, 0.15) is 19.4 Å². The molecule has 0 amide bonds. The van der Waals surface area contributed by atoms with Gasteiger partial charge in [-0.25, -0.2) is 0 Å². The van der Waals surface area contributed by atoms with Crippen molar-refractivity contribution in [3.8, 4) is 0 Å². The minimum Gasteiger partial charge on any atom is -0.374 e. The molecule has 0 aliphatic carbocycles. The normalized spacial score (nSPS) is 34.4. The number of ether oxygens (including phenoxy) is 4. The minimum absolute atomic E-state index is 0.232. The molecule has 8 heteroatoms. The Kier molecular flexibility index (Phi) is 5.05. The van der Waals surface area contributed by atoms with E-state index in [-0.39, 0.29) is 6.61 Å². The minimum atomic E-state index is -1.26. The summed E-state index contributed by atoms with van der Waals surface area (Å²) in [5.41, 5.74) is 9.73. The van der Waals surface area contributed by atoms with Gasteiger partial charge in [-0.3, -0.25) is 0 Å². The van der Waals surface area contributed by atoms with Crippen LogP contribution in [0, 0.1) is 0 Å². The van der Waals surface area contributed by atoms with Crippen molar-refractivity contribution in [2.75, 3.05) is 6.61 Å². The highest BCUT2D eigenvalue weighted by Gasteiger charge is 2.54. The third-order valence-electron chi connectivity index (χ3n) is 4.05. The van der Waals surface area contributed by atoms with Crippen LogP contribution >= 0.6 is 0 Å². The third kappa shape index (κ3) is 3.70. The third-order valence-corrected chi connectivity index (χ3v) is 4.05. The topological polar surface area (TPSA) is 106 Å². The first kappa shape index (κ1) is 17.2. The Bertz CT molecular complexity index is 605. The highest BCUT2D eigenvalue weighted by atomic mass is 16.8. The molecule has 1 aromatic carbocycles. The molecular weight excluding hydrogens is 314 g/mol. The summed E-state index contributed by atoms with van der Waals surface area (Å²) in [6.07, 6.45) is -2.83. The van der Waals surface area contributed by atoms with Crippen molar-refractivity contribution in [1.29, 1.82) is 0 Å². The highest BCUT2D eigenvalue weighted by Crippen LogP contribution is 2.38. The maximum Gasteiger partial charge on any atom is 0.166 e. The summed E-state index contributed by atoms with van der Waals surface area (Å²) < 4.78 is 22.9. The van der Waals surface area contributed by atoms with Crippen LogP contribution in [-0.4, -0.2) is 48.1 Å². The molecular formula is C16H21N3O5. The van der Waals surface area contributed by atoms with Gasteiger partial charge >= 0.3 is 0 Å². The Morgan fingerprint density at radius 2 is 1.96 bits per heavy atom. The molecule has 3 rings (SSSR count). The van der Waals surface area contributed by atoms with Crippen molar-refractivity contribution in [3.63, 3.8) is 0 Å². The van der Waals surface area contributed by atoms with E-state index >= 15 is 0 Å². The van der Waals surface area contributed by atoms with Gasteiger partial charge in [-0.2, -0.15) is 0 Å². The zero-order chi connectivity index (χ0) is 17.2. The number of aliphatic hydroxyl groups is 1. The van der Waals surface area contributed by atoms with Gasteiger partial charge in [0.1, 0.15) is 24.4 Å². The Morgan fingerprint density at radius 3 is 2.67 bits per heavy atom. The fraction of sp³-hybridized carbons (Fsp3) is 0.625. The average molecular weight is 335 g/mol. The number of hydrogen-bond acceptors (Lipinski definition) is 6. The van der Waals surface area contributed by atoms with Gasteiger partial charge in [0.25, 0.3) is 0 Å². The summed E-state index contributed by atoms with van der Waals surface area (Å²) in [6.45, 7) is 4.20. The summed E-state index contributed by atoms with van der Waals surface area (Å²) in [5, 5.41) is 13.7. The second kappa shape index (κ2) is 7.06. The summed E-state index contributed by atoms with van der Waals surface area (Å²) >= 11 is 0. The molecule has 0 spiro atoms. The molecule has 2 fully saturated rings. The lowest BCUT2D eigenvalue weighted by atomic mass is 9.98. The van der Waals surface area contributed by atoms with Gasteiger partial charge in [-0.1, -0.05) is 35.4 Å². The van der Waals surface area contributed by atoms with E-state index < -0.39 is 36.4 Å². The summed E-state index contributed by atoms with van der Waals surface area (Å²) in [7, 11) is 0. The molecule has 0 saturated carbocycles. The molecule has 5 atom stereocenters. The van der Waals surface area contributed by atoms with E-state index in [2.05, 4.69) is 10.0 Å². The lowest BCUT2D eigenvalue weighted by Gasteiger charge is -2.38. The van der Waals surface area contributed by atoms with Crippen molar-refractivity contribution >= 4 is 0 Å². The van der Waals surface area contributed by atoms with E-state index in [1.54, 1.807) is 13.8 Å². The quantitative estimate of drug-likeness (QED) is 0.504. The number of rotatable bonds is 5. The summed E-state index contributed by atoms with van der Waals surface area (Å²) in [6, 6.07) is 8.90. The smallest absolute Gasteiger partial charge is 0.166 e. The maximum atomic E-state index is 10.1. The second-order valence-electron chi connectivity index (χ2n) is 6.33. The molecule has 0 aromatic heterocycles. The van der Waals surface area contributed by atoms with Crippen LogP contribution in [0.3, 0.4) is 0 Å². The zero-order valence-corrected chi connectivity index (χ0v) is 13.6. The van der Waals surface area contributed by atoms with Crippen molar-refractivity contribution in [2.45, 2.75) is 56.9 Å². The predicted molar refractivity (Wildman–Crippen MR) is 83.7 cm³/mol. The van der Waals surface area contributed by atoms with Gasteiger partial charge in [0.05, 0.1) is 13.2 Å². The highest BCUT2D eigenvalue weighted by molar-refractivity contribution is 5.13. The summed E-state index contributed by atoms with van der Waals surface area (Å²) in [5.74, 6) is -0.844. The van der Waals surface area contributed by atoms with Crippen LogP contribution in [0.2, 0.25) is 0 Å². The van der Waals surface area contributed by atoms with Crippen molar-refractivity contribution < 1.29 is 24.1 Å². The lowest BCUT2D eigenvalue weighted by molar-refractivity contribution is -0.230. The van der Waals surface area contributed by atoms with E-state index in [9.17, 15) is 5.11 Å². The fourth-order valence-corrected chi connectivity index (χ4v) is 3.05. The van der Waals surface area contributed by atoms with E-state index in [1.165, 1.54) is 0 Å². The molecule has 1 unspecified atom stereocenters. The number of azide groups is 1. The zero-order valence-electron chi connectivity index (χ0n) is 13.6. The van der Waals surface area contributed by atoms with Crippen LogP contribution in [0.25, 0.3) is 10.4 Å². The SMILES string of the molecule is CC1(C)O[C@@H]2[C@H](O1)[C@@H](N=[N+]=[N-])C(O)O[C@@H]2COCc1ccccc1. The van der Waals surface area contributed by atoms with Crippen LogP contribution < -0.4 is 0 Å². The van der Waals surface area contributed by atoms with Gasteiger partial charge in [0, 0.05) is 4.91 Å². The van der Waals surface area contributed by atoms with E-state index in [0.29, 0.717) is 6.61 Å². The van der Waals surface area contributed by atoms with Crippen molar-refractivity contribution in [3.05, 3.63) is 46.3 Å². The molecule has 2 heterocycles. The molecule has 8 nitrogen and oxygen atoms in total. The standard InChI is InChI=1S/C16H21N3O5/c1-16(2)23-13-11(9-21-8-10-6-4-3-5-7-10)22-15(20)12(18-19-17)14(13)24-16/h3-7,11-15,20H,8-9H2,1-2H3/t11-,12-,13+,14-,15?/m1/s1. The van der Waals surface area contributed by atoms with Crippen LogP contribution in [0.15, 0.2) is 35.4 Å². The van der Waals surface area contributed by atoms with Gasteiger partial charge < -0.3 is 24.1 Å². The van der Waals surface area contributed by atoms with Gasteiger partial charge in [-0.15, -0.1) is 0 Å². The Labute approximate surface area is 139 Å². The first-order chi connectivity index (χ1) is 11.5. The van der Waals surface area contributed by atoms with Crippen molar-refractivity contribution in [2.24, 2.45) is 5.11 Å². The molecule has 130 valence electrons. The number of aliphatic hydroxyl groups excluding tert-OH is 1. The monoisotopic (exact) mass is 335 g/mol.